The lowest BCUT2D eigenvalue weighted by atomic mass is 10.1. The maximum atomic E-state index is 8.79. The van der Waals surface area contributed by atoms with Crippen molar-refractivity contribution in [1.82, 2.24) is 0 Å². The SMILES string of the molecule is N/C(=N\O)c1cccc2oc3ccccc3c12. The second kappa shape index (κ2) is 3.52. The highest BCUT2D eigenvalue weighted by Crippen LogP contribution is 2.30. The van der Waals surface area contributed by atoms with Crippen molar-refractivity contribution in [1.29, 1.82) is 0 Å². The fourth-order valence-electron chi connectivity index (χ4n) is 2.04. The van der Waals surface area contributed by atoms with Crippen LogP contribution < -0.4 is 5.73 Å². The molecular formula is C13H10N2O2. The quantitative estimate of drug-likeness (QED) is 0.290. The zero-order valence-corrected chi connectivity index (χ0v) is 8.92. The van der Waals surface area contributed by atoms with E-state index in [0.29, 0.717) is 5.56 Å². The molecule has 3 rings (SSSR count). The zero-order valence-electron chi connectivity index (χ0n) is 8.92. The summed E-state index contributed by atoms with van der Waals surface area (Å²) < 4.78 is 5.70. The fraction of sp³-hybridized carbons (Fsp3) is 0. The molecule has 84 valence electrons. The molecule has 1 aromatic heterocycles. The molecule has 1 heterocycles. The highest BCUT2D eigenvalue weighted by molar-refractivity contribution is 6.17. The van der Waals surface area contributed by atoms with Crippen molar-refractivity contribution in [3.63, 3.8) is 0 Å². The summed E-state index contributed by atoms with van der Waals surface area (Å²) in [5.41, 5.74) is 7.87. The van der Waals surface area contributed by atoms with E-state index in [9.17, 15) is 0 Å². The van der Waals surface area contributed by atoms with Gasteiger partial charge in [0.25, 0.3) is 0 Å². The average molecular weight is 226 g/mol. The Morgan fingerprint density at radius 2 is 1.82 bits per heavy atom. The Morgan fingerprint density at radius 1 is 1.06 bits per heavy atom. The van der Waals surface area contributed by atoms with Crippen molar-refractivity contribution in [2.75, 3.05) is 0 Å². The van der Waals surface area contributed by atoms with Crippen LogP contribution in [0.4, 0.5) is 0 Å². The molecule has 3 N–H and O–H groups in total. The van der Waals surface area contributed by atoms with Gasteiger partial charge in [-0.05, 0) is 12.1 Å². The summed E-state index contributed by atoms with van der Waals surface area (Å²) in [5, 5.41) is 13.7. The van der Waals surface area contributed by atoms with Gasteiger partial charge in [-0.2, -0.15) is 0 Å². The van der Waals surface area contributed by atoms with Crippen molar-refractivity contribution < 1.29 is 9.62 Å². The lowest BCUT2D eigenvalue weighted by molar-refractivity contribution is 0.318. The summed E-state index contributed by atoms with van der Waals surface area (Å²) in [5.74, 6) is 0.0853. The number of furan rings is 1. The second-order valence-electron chi connectivity index (χ2n) is 3.76. The summed E-state index contributed by atoms with van der Waals surface area (Å²) >= 11 is 0. The Labute approximate surface area is 96.9 Å². The van der Waals surface area contributed by atoms with E-state index >= 15 is 0 Å². The van der Waals surface area contributed by atoms with Crippen LogP contribution in [0.2, 0.25) is 0 Å². The van der Waals surface area contributed by atoms with Crippen LogP contribution in [0.25, 0.3) is 21.9 Å². The van der Waals surface area contributed by atoms with Crippen LogP contribution >= 0.6 is 0 Å². The van der Waals surface area contributed by atoms with E-state index < -0.39 is 0 Å². The minimum Gasteiger partial charge on any atom is -0.456 e. The summed E-state index contributed by atoms with van der Waals surface area (Å²) in [6.07, 6.45) is 0. The molecule has 4 nitrogen and oxygen atoms in total. The normalized spacial score (nSPS) is 12.4. The van der Waals surface area contributed by atoms with Gasteiger partial charge >= 0.3 is 0 Å². The molecule has 3 aromatic rings. The number of amidine groups is 1. The first-order chi connectivity index (χ1) is 8.31. The maximum absolute atomic E-state index is 8.79. The van der Waals surface area contributed by atoms with Crippen LogP contribution in [0.5, 0.6) is 0 Å². The number of rotatable bonds is 1. The highest BCUT2D eigenvalue weighted by atomic mass is 16.4. The third kappa shape index (κ3) is 1.34. The molecular weight excluding hydrogens is 216 g/mol. The molecule has 0 amide bonds. The summed E-state index contributed by atoms with van der Waals surface area (Å²) in [6, 6.07) is 13.2. The average Bonchev–Trinajstić information content (AvgIpc) is 2.76. The Kier molecular flexibility index (Phi) is 2.01. The highest BCUT2D eigenvalue weighted by Gasteiger charge is 2.12. The van der Waals surface area contributed by atoms with Gasteiger partial charge in [0, 0.05) is 16.3 Å². The van der Waals surface area contributed by atoms with Crippen molar-refractivity contribution in [3.8, 4) is 0 Å². The van der Waals surface area contributed by atoms with Gasteiger partial charge in [0.2, 0.25) is 0 Å². The van der Waals surface area contributed by atoms with E-state index in [4.69, 9.17) is 15.4 Å². The number of hydrogen-bond donors (Lipinski definition) is 2. The van der Waals surface area contributed by atoms with Crippen molar-refractivity contribution in [2.24, 2.45) is 10.9 Å². The molecule has 0 fully saturated rings. The van der Waals surface area contributed by atoms with Gasteiger partial charge in [-0.15, -0.1) is 0 Å². The number of benzene rings is 2. The zero-order chi connectivity index (χ0) is 11.8. The molecule has 0 unspecified atom stereocenters. The summed E-state index contributed by atoms with van der Waals surface area (Å²) in [6.45, 7) is 0. The van der Waals surface area contributed by atoms with E-state index in [1.807, 2.05) is 36.4 Å². The van der Waals surface area contributed by atoms with Crippen LogP contribution in [-0.4, -0.2) is 11.0 Å². The molecule has 0 saturated carbocycles. The van der Waals surface area contributed by atoms with Crippen LogP contribution in [0.3, 0.4) is 0 Å². The molecule has 17 heavy (non-hydrogen) atoms. The van der Waals surface area contributed by atoms with Crippen molar-refractivity contribution >= 4 is 27.8 Å². The molecule has 0 aliphatic carbocycles. The van der Waals surface area contributed by atoms with E-state index in [0.717, 1.165) is 21.9 Å². The number of nitrogens with two attached hydrogens (primary N) is 1. The third-order valence-corrected chi connectivity index (χ3v) is 2.79. The maximum Gasteiger partial charge on any atom is 0.170 e. The van der Waals surface area contributed by atoms with Crippen LogP contribution in [0.15, 0.2) is 52.0 Å². The van der Waals surface area contributed by atoms with Gasteiger partial charge in [0.05, 0.1) is 0 Å². The third-order valence-electron chi connectivity index (χ3n) is 2.79. The van der Waals surface area contributed by atoms with Crippen molar-refractivity contribution in [3.05, 3.63) is 48.0 Å². The standard InChI is InChI=1S/C13H10N2O2/c14-13(15-16)9-5-3-7-11-12(9)8-4-1-2-6-10(8)17-11/h1-7,16H,(H2,14,15). The lowest BCUT2D eigenvalue weighted by Crippen LogP contribution is -2.13. The number of fused-ring (bicyclic) bond motifs is 3. The Balaban J connectivity index is 2.52. The molecule has 0 aliphatic heterocycles. The minimum absolute atomic E-state index is 0.0853. The molecule has 0 atom stereocenters. The largest absolute Gasteiger partial charge is 0.456 e. The van der Waals surface area contributed by atoms with Crippen LogP contribution in [0, 0.1) is 0 Å². The molecule has 2 aromatic carbocycles. The van der Waals surface area contributed by atoms with Gasteiger partial charge in [-0.25, -0.2) is 0 Å². The number of para-hydroxylation sites is 1. The molecule has 4 heteroatoms. The van der Waals surface area contributed by atoms with Gasteiger partial charge in [-0.3, -0.25) is 0 Å². The Hall–Kier alpha value is -2.49. The molecule has 0 radical (unpaired) electrons. The Bertz CT molecular complexity index is 728. The topological polar surface area (TPSA) is 71.8 Å². The predicted octanol–water partition coefficient (Wildman–Crippen LogP) is 2.68. The molecule has 0 bridgehead atoms. The van der Waals surface area contributed by atoms with Gasteiger partial charge < -0.3 is 15.4 Å². The smallest absolute Gasteiger partial charge is 0.170 e. The molecule has 0 spiro atoms. The predicted molar refractivity (Wildman–Crippen MR) is 66.2 cm³/mol. The monoisotopic (exact) mass is 226 g/mol. The van der Waals surface area contributed by atoms with E-state index in [-0.39, 0.29) is 5.84 Å². The second-order valence-corrected chi connectivity index (χ2v) is 3.76. The van der Waals surface area contributed by atoms with Gasteiger partial charge in [-0.1, -0.05) is 35.5 Å². The van der Waals surface area contributed by atoms with Crippen LogP contribution in [-0.2, 0) is 0 Å². The number of hydrogen-bond acceptors (Lipinski definition) is 3. The molecule has 0 saturated heterocycles. The number of nitrogens with zero attached hydrogens (tertiary/aromatic N) is 1. The van der Waals surface area contributed by atoms with Crippen LogP contribution in [0.1, 0.15) is 5.56 Å². The van der Waals surface area contributed by atoms with E-state index in [1.54, 1.807) is 6.07 Å². The van der Waals surface area contributed by atoms with Gasteiger partial charge in [0.15, 0.2) is 5.84 Å². The van der Waals surface area contributed by atoms with E-state index in [2.05, 4.69) is 5.16 Å². The number of oxime groups is 1. The Morgan fingerprint density at radius 3 is 2.65 bits per heavy atom. The first-order valence-corrected chi connectivity index (χ1v) is 5.19. The first-order valence-electron chi connectivity index (χ1n) is 5.19. The van der Waals surface area contributed by atoms with Gasteiger partial charge in [0.1, 0.15) is 11.2 Å². The lowest BCUT2D eigenvalue weighted by Gasteiger charge is -1.99. The van der Waals surface area contributed by atoms with Crippen molar-refractivity contribution in [2.45, 2.75) is 0 Å². The fourth-order valence-corrected chi connectivity index (χ4v) is 2.04. The van der Waals surface area contributed by atoms with E-state index in [1.165, 1.54) is 0 Å². The molecule has 0 aliphatic rings. The summed E-state index contributed by atoms with van der Waals surface area (Å²) in [4.78, 5) is 0. The minimum atomic E-state index is 0.0853. The summed E-state index contributed by atoms with van der Waals surface area (Å²) in [7, 11) is 0. The first kappa shape index (κ1) is 9.72.